The van der Waals surface area contributed by atoms with Crippen molar-refractivity contribution in [3.8, 4) is 11.5 Å². The summed E-state index contributed by atoms with van der Waals surface area (Å²) >= 11 is 0. The fraction of sp³-hybridized carbons (Fsp3) is 0.250. The lowest BCUT2D eigenvalue weighted by Gasteiger charge is -2.32. The summed E-state index contributed by atoms with van der Waals surface area (Å²) in [5.74, 6) is -0.462. The minimum absolute atomic E-state index is 0.0296. The first-order chi connectivity index (χ1) is 15.8. The van der Waals surface area contributed by atoms with Gasteiger partial charge >= 0.3 is 12.4 Å². The number of nitrogens with one attached hydrogen (secondary N) is 1. The van der Waals surface area contributed by atoms with Crippen LogP contribution in [0.3, 0.4) is 0 Å². The van der Waals surface area contributed by atoms with Crippen LogP contribution in [-0.2, 0) is 19.1 Å². The third-order valence-corrected chi connectivity index (χ3v) is 5.00. The molecule has 3 aromatic rings. The second-order valence-corrected chi connectivity index (χ2v) is 7.76. The highest BCUT2D eigenvalue weighted by Crippen LogP contribution is 2.34. The van der Waals surface area contributed by atoms with Crippen molar-refractivity contribution >= 4 is 0 Å². The lowest BCUT2D eigenvalue weighted by molar-refractivity contribution is -0.273. The number of benzene rings is 3. The van der Waals surface area contributed by atoms with Crippen molar-refractivity contribution in [2.24, 2.45) is 0 Å². The molecular weight excluding hydrogens is 467 g/mol. The third-order valence-electron chi connectivity index (χ3n) is 5.00. The van der Waals surface area contributed by atoms with Crippen LogP contribution < -0.4 is 10.1 Å². The molecule has 3 rings (SSSR count). The smallest absolute Gasteiger partial charge is 0.431 e. The minimum Gasteiger partial charge on any atom is -0.457 e. The molecule has 3 aromatic carbocycles. The van der Waals surface area contributed by atoms with Crippen LogP contribution in [0.1, 0.15) is 22.3 Å². The van der Waals surface area contributed by atoms with Crippen LogP contribution in [0.5, 0.6) is 11.5 Å². The molecule has 0 spiro atoms. The van der Waals surface area contributed by atoms with Crippen LogP contribution >= 0.6 is 0 Å². The topological polar surface area (TPSA) is 41.5 Å². The molecule has 1 atom stereocenters. The molecule has 0 radical (unpaired) electrons. The van der Waals surface area contributed by atoms with Crippen LogP contribution in [-0.4, -0.2) is 17.0 Å². The molecule has 0 amide bonds. The Hall–Kier alpha value is -3.11. The largest absolute Gasteiger partial charge is 0.457 e. The van der Waals surface area contributed by atoms with E-state index in [4.69, 9.17) is 4.74 Å². The number of halogens is 7. The number of aliphatic hydroxyl groups is 1. The van der Waals surface area contributed by atoms with Crippen LogP contribution in [0, 0.1) is 12.7 Å². The maximum absolute atomic E-state index is 14.0. The average molecular weight is 487 g/mol. The fourth-order valence-corrected chi connectivity index (χ4v) is 3.22. The molecule has 0 aliphatic rings. The lowest BCUT2D eigenvalue weighted by atomic mass is 10.0. The second kappa shape index (κ2) is 9.63. The summed E-state index contributed by atoms with van der Waals surface area (Å²) < 4.78 is 99.5. The van der Waals surface area contributed by atoms with Gasteiger partial charge in [0.25, 0.3) is 0 Å². The summed E-state index contributed by atoms with van der Waals surface area (Å²) in [6, 6.07) is 13.9. The van der Waals surface area contributed by atoms with Crippen molar-refractivity contribution in [1.29, 1.82) is 0 Å². The molecule has 0 fully saturated rings. The minimum atomic E-state index is -5.22. The molecule has 10 heteroatoms. The maximum atomic E-state index is 14.0. The van der Waals surface area contributed by atoms with Gasteiger partial charge in [0, 0.05) is 18.5 Å². The van der Waals surface area contributed by atoms with Crippen LogP contribution in [0.2, 0.25) is 0 Å². The van der Waals surface area contributed by atoms with Crippen molar-refractivity contribution in [1.82, 2.24) is 5.32 Å². The van der Waals surface area contributed by atoms with E-state index in [0.29, 0.717) is 23.9 Å². The first-order valence-corrected chi connectivity index (χ1v) is 10.00. The van der Waals surface area contributed by atoms with Crippen LogP contribution in [0.4, 0.5) is 30.7 Å². The molecular formula is C24H20F7NO2. The molecule has 0 saturated carbocycles. The zero-order valence-electron chi connectivity index (χ0n) is 17.8. The Morgan fingerprint density at radius 1 is 0.853 bits per heavy atom. The SMILES string of the molecule is Cc1cccc(Oc2cccc(CC(O)(NCc3cc(C(F)(F)F)ccc3F)C(F)(F)F)c2)c1. The average Bonchev–Trinajstić information content (AvgIpc) is 2.72. The van der Waals surface area contributed by atoms with Crippen LogP contribution in [0.25, 0.3) is 0 Å². The Kier molecular flexibility index (Phi) is 7.23. The number of alkyl halides is 6. The van der Waals surface area contributed by atoms with Gasteiger partial charge in [0.05, 0.1) is 5.56 Å². The number of aryl methyl sites for hydroxylation is 1. The molecule has 34 heavy (non-hydrogen) atoms. The highest BCUT2D eigenvalue weighted by molar-refractivity contribution is 5.36. The number of hydrogen-bond donors (Lipinski definition) is 2. The van der Waals surface area contributed by atoms with E-state index in [1.807, 2.05) is 13.0 Å². The first-order valence-electron chi connectivity index (χ1n) is 10.00. The molecule has 0 saturated heterocycles. The predicted molar refractivity (Wildman–Crippen MR) is 111 cm³/mol. The summed E-state index contributed by atoms with van der Waals surface area (Å²) in [6.07, 6.45) is -11.0. The standard InChI is InChI=1S/C24H20F7NO2/c1-15-4-2-6-19(10-15)34-20-7-3-5-16(11-20)13-22(33,24(29,30)31)32-14-17-12-18(23(26,27)28)8-9-21(17)25/h2-12,32-33H,13-14H2,1H3. The van der Waals surface area contributed by atoms with Crippen LogP contribution in [0.15, 0.2) is 66.7 Å². The molecule has 1 unspecified atom stereocenters. The monoisotopic (exact) mass is 487 g/mol. The summed E-state index contributed by atoms with van der Waals surface area (Å²) in [5, 5.41) is 12.2. The van der Waals surface area contributed by atoms with Gasteiger partial charge in [-0.3, -0.25) is 5.32 Å². The quantitative estimate of drug-likeness (QED) is 0.294. The summed E-state index contributed by atoms with van der Waals surface area (Å²) in [4.78, 5) is 0. The summed E-state index contributed by atoms with van der Waals surface area (Å²) in [5.41, 5.74) is -4.50. The van der Waals surface area contributed by atoms with E-state index in [1.165, 1.54) is 24.3 Å². The van der Waals surface area contributed by atoms with E-state index in [9.17, 15) is 35.8 Å². The van der Waals surface area contributed by atoms with E-state index in [-0.39, 0.29) is 11.3 Å². The normalized spacial score (nSPS) is 14.0. The summed E-state index contributed by atoms with van der Waals surface area (Å²) in [7, 11) is 0. The Labute approximate surface area is 190 Å². The fourth-order valence-electron chi connectivity index (χ4n) is 3.22. The molecule has 2 N–H and O–H groups in total. The second-order valence-electron chi connectivity index (χ2n) is 7.76. The Morgan fingerprint density at radius 3 is 2.12 bits per heavy atom. The maximum Gasteiger partial charge on any atom is 0.431 e. The summed E-state index contributed by atoms with van der Waals surface area (Å²) in [6.45, 7) is 0.844. The van der Waals surface area contributed by atoms with Gasteiger partial charge in [-0.05, 0) is 60.5 Å². The van der Waals surface area contributed by atoms with E-state index < -0.39 is 48.0 Å². The Morgan fingerprint density at radius 2 is 1.50 bits per heavy atom. The van der Waals surface area contributed by atoms with Crippen molar-refractivity contribution in [3.63, 3.8) is 0 Å². The third kappa shape index (κ3) is 6.27. The van der Waals surface area contributed by atoms with Crippen molar-refractivity contribution < 1.29 is 40.6 Å². The molecule has 0 heterocycles. The van der Waals surface area contributed by atoms with Gasteiger partial charge in [0.15, 0.2) is 0 Å². The number of hydrogen-bond acceptors (Lipinski definition) is 3. The van der Waals surface area contributed by atoms with E-state index in [2.05, 4.69) is 0 Å². The zero-order chi connectivity index (χ0) is 25.1. The number of rotatable bonds is 7. The molecule has 0 aliphatic carbocycles. The lowest BCUT2D eigenvalue weighted by Crippen LogP contribution is -2.58. The molecule has 182 valence electrons. The highest BCUT2D eigenvalue weighted by atomic mass is 19.4. The van der Waals surface area contributed by atoms with Gasteiger partial charge in [-0.2, -0.15) is 26.3 Å². The van der Waals surface area contributed by atoms with Gasteiger partial charge in [0.1, 0.15) is 17.3 Å². The molecule has 0 bridgehead atoms. The Balaban J connectivity index is 1.81. The van der Waals surface area contributed by atoms with E-state index in [1.54, 1.807) is 23.5 Å². The zero-order valence-corrected chi connectivity index (χ0v) is 17.8. The van der Waals surface area contributed by atoms with Gasteiger partial charge in [-0.25, -0.2) is 4.39 Å². The van der Waals surface area contributed by atoms with Crippen molar-refractivity contribution in [3.05, 3.63) is 94.8 Å². The predicted octanol–water partition coefficient (Wildman–Crippen LogP) is 6.53. The Bertz CT molecular complexity index is 1140. The van der Waals surface area contributed by atoms with Crippen molar-refractivity contribution in [2.75, 3.05) is 0 Å². The highest BCUT2D eigenvalue weighted by Gasteiger charge is 2.53. The van der Waals surface area contributed by atoms with E-state index in [0.717, 1.165) is 5.56 Å². The number of ether oxygens (including phenoxy) is 1. The molecule has 0 aliphatic heterocycles. The molecule has 0 aromatic heterocycles. The van der Waals surface area contributed by atoms with Gasteiger partial charge in [0.2, 0.25) is 5.72 Å². The first kappa shape index (κ1) is 25.5. The van der Waals surface area contributed by atoms with Gasteiger partial charge < -0.3 is 9.84 Å². The van der Waals surface area contributed by atoms with Gasteiger partial charge in [-0.15, -0.1) is 0 Å². The van der Waals surface area contributed by atoms with Gasteiger partial charge in [-0.1, -0.05) is 24.3 Å². The van der Waals surface area contributed by atoms with E-state index >= 15 is 0 Å². The molecule has 3 nitrogen and oxygen atoms in total. The van der Waals surface area contributed by atoms with Crippen molar-refractivity contribution in [2.45, 2.75) is 38.0 Å².